The Kier molecular flexibility index (Phi) is 5.47. The van der Waals surface area contributed by atoms with Crippen molar-refractivity contribution in [3.63, 3.8) is 0 Å². The van der Waals surface area contributed by atoms with E-state index in [-0.39, 0.29) is 5.78 Å². The van der Waals surface area contributed by atoms with Crippen LogP contribution in [-0.2, 0) is 12.8 Å². The number of aryl methyl sites for hydroxylation is 1. The van der Waals surface area contributed by atoms with E-state index in [4.69, 9.17) is 11.6 Å². The molecule has 2 aromatic rings. The SMILES string of the molecule is O=C(Cc1ccc(CCC2CCNC2)cc1)c1ccc(Cl)cc1. The summed E-state index contributed by atoms with van der Waals surface area (Å²) in [4.78, 5) is 12.3. The number of halogens is 1. The Morgan fingerprint density at radius 1 is 1.04 bits per heavy atom. The van der Waals surface area contributed by atoms with Crippen molar-refractivity contribution in [2.24, 2.45) is 5.92 Å². The molecule has 0 aliphatic carbocycles. The largest absolute Gasteiger partial charge is 0.316 e. The van der Waals surface area contributed by atoms with Gasteiger partial charge in [0, 0.05) is 17.0 Å². The molecule has 2 nitrogen and oxygen atoms in total. The van der Waals surface area contributed by atoms with E-state index in [2.05, 4.69) is 29.6 Å². The minimum Gasteiger partial charge on any atom is -0.316 e. The van der Waals surface area contributed by atoms with Crippen LogP contribution in [0.25, 0.3) is 0 Å². The minimum atomic E-state index is 0.131. The highest BCUT2D eigenvalue weighted by Gasteiger charge is 2.14. The first-order valence-electron chi connectivity index (χ1n) is 8.28. The zero-order chi connectivity index (χ0) is 16.1. The van der Waals surface area contributed by atoms with Gasteiger partial charge in [-0.15, -0.1) is 0 Å². The fourth-order valence-corrected chi connectivity index (χ4v) is 3.20. The average Bonchev–Trinajstić information content (AvgIpc) is 3.08. The van der Waals surface area contributed by atoms with E-state index in [9.17, 15) is 4.79 Å². The number of rotatable bonds is 6. The van der Waals surface area contributed by atoms with Crippen molar-refractivity contribution in [3.05, 3.63) is 70.2 Å². The molecule has 0 aromatic heterocycles. The van der Waals surface area contributed by atoms with Gasteiger partial charge in [0.25, 0.3) is 0 Å². The van der Waals surface area contributed by atoms with Gasteiger partial charge in [0.2, 0.25) is 0 Å². The highest BCUT2D eigenvalue weighted by atomic mass is 35.5. The van der Waals surface area contributed by atoms with Crippen molar-refractivity contribution in [1.82, 2.24) is 5.32 Å². The van der Waals surface area contributed by atoms with E-state index >= 15 is 0 Å². The normalized spacial score (nSPS) is 17.3. The van der Waals surface area contributed by atoms with Crippen molar-refractivity contribution in [1.29, 1.82) is 0 Å². The summed E-state index contributed by atoms with van der Waals surface area (Å²) in [7, 11) is 0. The monoisotopic (exact) mass is 327 g/mol. The Labute approximate surface area is 142 Å². The number of ketones is 1. The second-order valence-corrected chi connectivity index (χ2v) is 6.76. The predicted octanol–water partition coefficient (Wildman–Crippen LogP) is 4.31. The molecule has 1 saturated heterocycles. The molecule has 3 heteroatoms. The summed E-state index contributed by atoms with van der Waals surface area (Å²) in [6.07, 6.45) is 4.11. The van der Waals surface area contributed by atoms with Crippen LogP contribution in [0.15, 0.2) is 48.5 Å². The Bertz CT molecular complexity index is 642. The van der Waals surface area contributed by atoms with Crippen LogP contribution >= 0.6 is 11.6 Å². The van der Waals surface area contributed by atoms with Gasteiger partial charge in [-0.1, -0.05) is 35.9 Å². The molecule has 0 saturated carbocycles. The number of Topliss-reactive ketones (excluding diaryl/α,β-unsaturated/α-hetero) is 1. The number of hydrogen-bond acceptors (Lipinski definition) is 2. The maximum atomic E-state index is 12.3. The summed E-state index contributed by atoms with van der Waals surface area (Å²) in [5.41, 5.74) is 3.14. The van der Waals surface area contributed by atoms with Crippen LogP contribution in [0.5, 0.6) is 0 Å². The van der Waals surface area contributed by atoms with E-state index in [1.807, 2.05) is 0 Å². The Morgan fingerprint density at radius 2 is 1.74 bits per heavy atom. The van der Waals surface area contributed by atoms with Gasteiger partial charge in [0.1, 0.15) is 0 Å². The molecule has 23 heavy (non-hydrogen) atoms. The summed E-state index contributed by atoms with van der Waals surface area (Å²) < 4.78 is 0. The molecule has 120 valence electrons. The van der Waals surface area contributed by atoms with Gasteiger partial charge in [-0.3, -0.25) is 4.79 Å². The zero-order valence-electron chi connectivity index (χ0n) is 13.2. The highest BCUT2D eigenvalue weighted by molar-refractivity contribution is 6.30. The van der Waals surface area contributed by atoms with E-state index < -0.39 is 0 Å². The number of hydrogen-bond donors (Lipinski definition) is 1. The van der Waals surface area contributed by atoms with Crippen molar-refractivity contribution in [2.75, 3.05) is 13.1 Å². The molecule has 1 aliphatic heterocycles. The van der Waals surface area contributed by atoms with Gasteiger partial charge in [0.15, 0.2) is 5.78 Å². The van der Waals surface area contributed by atoms with Gasteiger partial charge >= 0.3 is 0 Å². The Morgan fingerprint density at radius 3 is 2.39 bits per heavy atom. The van der Waals surface area contributed by atoms with Gasteiger partial charge in [0.05, 0.1) is 0 Å². The number of carbonyl (C=O) groups is 1. The molecule has 1 unspecified atom stereocenters. The zero-order valence-corrected chi connectivity index (χ0v) is 14.0. The van der Waals surface area contributed by atoms with Crippen molar-refractivity contribution >= 4 is 17.4 Å². The molecule has 1 fully saturated rings. The molecule has 0 spiro atoms. The van der Waals surface area contributed by atoms with E-state index in [0.717, 1.165) is 31.0 Å². The summed E-state index contributed by atoms with van der Waals surface area (Å²) in [5, 5.41) is 4.07. The quantitative estimate of drug-likeness (QED) is 0.801. The maximum absolute atomic E-state index is 12.3. The second kappa shape index (κ2) is 7.76. The smallest absolute Gasteiger partial charge is 0.167 e. The van der Waals surface area contributed by atoms with E-state index in [0.29, 0.717) is 17.0 Å². The van der Waals surface area contributed by atoms with Crippen LogP contribution in [0.1, 0.15) is 34.3 Å². The summed E-state index contributed by atoms with van der Waals surface area (Å²) in [6, 6.07) is 15.6. The number of nitrogens with one attached hydrogen (secondary N) is 1. The molecular formula is C20H22ClNO. The topological polar surface area (TPSA) is 29.1 Å². The van der Waals surface area contributed by atoms with Crippen molar-refractivity contribution < 1.29 is 4.79 Å². The maximum Gasteiger partial charge on any atom is 0.167 e. The third kappa shape index (κ3) is 4.66. The third-order valence-electron chi connectivity index (χ3n) is 4.56. The Hall–Kier alpha value is -1.64. The first kappa shape index (κ1) is 16.2. The molecule has 1 N–H and O–H groups in total. The van der Waals surface area contributed by atoms with Crippen LogP contribution in [0.2, 0.25) is 5.02 Å². The van der Waals surface area contributed by atoms with E-state index in [1.165, 1.54) is 18.4 Å². The second-order valence-electron chi connectivity index (χ2n) is 6.32. The molecule has 0 radical (unpaired) electrons. The summed E-state index contributed by atoms with van der Waals surface area (Å²) in [6.45, 7) is 2.32. The molecule has 1 aliphatic rings. The lowest BCUT2D eigenvalue weighted by Gasteiger charge is -2.08. The summed E-state index contributed by atoms with van der Waals surface area (Å²) >= 11 is 5.86. The molecule has 2 aromatic carbocycles. The van der Waals surface area contributed by atoms with Crippen LogP contribution in [0, 0.1) is 5.92 Å². The summed E-state index contributed by atoms with van der Waals surface area (Å²) in [5.74, 6) is 0.951. The number of benzene rings is 2. The first-order chi connectivity index (χ1) is 11.2. The lowest BCUT2D eigenvalue weighted by Crippen LogP contribution is -2.09. The van der Waals surface area contributed by atoms with Crippen molar-refractivity contribution in [3.8, 4) is 0 Å². The average molecular weight is 328 g/mol. The minimum absolute atomic E-state index is 0.131. The van der Waals surface area contributed by atoms with Gasteiger partial charge in [-0.05, 0) is 73.7 Å². The lowest BCUT2D eigenvalue weighted by molar-refractivity contribution is 0.0993. The highest BCUT2D eigenvalue weighted by Crippen LogP contribution is 2.17. The molecule has 1 heterocycles. The van der Waals surface area contributed by atoms with Crippen molar-refractivity contribution in [2.45, 2.75) is 25.7 Å². The van der Waals surface area contributed by atoms with E-state index in [1.54, 1.807) is 24.3 Å². The molecule has 0 bridgehead atoms. The third-order valence-corrected chi connectivity index (χ3v) is 4.81. The predicted molar refractivity (Wildman–Crippen MR) is 95.2 cm³/mol. The van der Waals surface area contributed by atoms with Crippen LogP contribution in [0.4, 0.5) is 0 Å². The van der Waals surface area contributed by atoms with Crippen LogP contribution in [-0.4, -0.2) is 18.9 Å². The fourth-order valence-electron chi connectivity index (χ4n) is 3.08. The number of carbonyl (C=O) groups excluding carboxylic acids is 1. The molecule has 3 rings (SSSR count). The molecule has 0 amide bonds. The van der Waals surface area contributed by atoms with Gasteiger partial charge in [-0.2, -0.15) is 0 Å². The molecule has 1 atom stereocenters. The lowest BCUT2D eigenvalue weighted by atomic mass is 9.97. The van der Waals surface area contributed by atoms with Gasteiger partial charge in [-0.25, -0.2) is 0 Å². The van der Waals surface area contributed by atoms with Gasteiger partial charge < -0.3 is 5.32 Å². The fraction of sp³-hybridized carbons (Fsp3) is 0.350. The Balaban J connectivity index is 1.54. The van der Waals surface area contributed by atoms with Crippen LogP contribution in [0.3, 0.4) is 0 Å². The van der Waals surface area contributed by atoms with Crippen LogP contribution < -0.4 is 5.32 Å². The molecular weight excluding hydrogens is 306 g/mol. The standard InChI is InChI=1S/C20H22ClNO/c21-19-9-7-18(8-10-19)20(23)13-16-4-1-15(2-5-16)3-6-17-11-12-22-14-17/h1-2,4-5,7-10,17,22H,3,6,11-14H2. The first-order valence-corrected chi connectivity index (χ1v) is 8.66.